The van der Waals surface area contributed by atoms with Gasteiger partial charge in [-0.05, 0) is 6.42 Å². The van der Waals surface area contributed by atoms with E-state index in [2.05, 4.69) is 4.74 Å². The molecule has 0 radical (unpaired) electrons. The second-order valence-corrected chi connectivity index (χ2v) is 2.72. The molecule has 2 nitrogen and oxygen atoms in total. The van der Waals surface area contributed by atoms with Crippen molar-refractivity contribution in [3.8, 4) is 0 Å². The highest BCUT2D eigenvalue weighted by Gasteiger charge is 2.31. The van der Waals surface area contributed by atoms with Gasteiger partial charge >= 0.3 is 12.1 Å². The molecule has 0 saturated carbocycles. The van der Waals surface area contributed by atoms with E-state index in [0.717, 1.165) is 12.8 Å². The molecule has 0 amide bonds. The summed E-state index contributed by atoms with van der Waals surface area (Å²) in [5, 5.41) is 0. The molecule has 0 aromatic rings. The standard InChI is InChI=1S/C8H13F3O2/c1-2-3-4-5-13-7(12)6-8(9,10)11/h2-6H2,1H3. The summed E-state index contributed by atoms with van der Waals surface area (Å²) < 4.78 is 39.1. The molecule has 0 atom stereocenters. The molecule has 0 aromatic heterocycles. The topological polar surface area (TPSA) is 26.3 Å². The van der Waals surface area contributed by atoms with Crippen LogP contribution in [-0.2, 0) is 9.53 Å². The Labute approximate surface area is 75.1 Å². The Bertz CT molecular complexity index is 154. The van der Waals surface area contributed by atoms with Crippen LogP contribution in [0.5, 0.6) is 0 Å². The molecular weight excluding hydrogens is 185 g/mol. The van der Waals surface area contributed by atoms with Gasteiger partial charge in [-0.15, -0.1) is 0 Å². The van der Waals surface area contributed by atoms with Crippen molar-refractivity contribution in [2.75, 3.05) is 6.61 Å². The summed E-state index contributed by atoms with van der Waals surface area (Å²) in [5.74, 6) is -1.19. The molecule has 5 heteroatoms. The van der Waals surface area contributed by atoms with E-state index >= 15 is 0 Å². The van der Waals surface area contributed by atoms with Crippen LogP contribution in [0.15, 0.2) is 0 Å². The van der Waals surface area contributed by atoms with E-state index in [1.54, 1.807) is 0 Å². The van der Waals surface area contributed by atoms with Crippen molar-refractivity contribution in [3.63, 3.8) is 0 Å². The van der Waals surface area contributed by atoms with Crippen molar-refractivity contribution < 1.29 is 22.7 Å². The number of hydrogen-bond acceptors (Lipinski definition) is 2. The molecule has 0 aliphatic carbocycles. The molecule has 0 N–H and O–H groups in total. The lowest BCUT2D eigenvalue weighted by atomic mass is 10.3. The molecule has 0 unspecified atom stereocenters. The maximum Gasteiger partial charge on any atom is 0.399 e. The third kappa shape index (κ3) is 9.17. The lowest BCUT2D eigenvalue weighted by Gasteiger charge is -2.06. The van der Waals surface area contributed by atoms with Crippen molar-refractivity contribution in [1.82, 2.24) is 0 Å². The van der Waals surface area contributed by atoms with E-state index in [-0.39, 0.29) is 6.61 Å². The minimum absolute atomic E-state index is 0.0861. The number of ether oxygens (including phenoxy) is 1. The van der Waals surface area contributed by atoms with Crippen molar-refractivity contribution in [2.45, 2.75) is 38.8 Å². The van der Waals surface area contributed by atoms with E-state index in [4.69, 9.17) is 0 Å². The Balaban J connectivity index is 3.41. The van der Waals surface area contributed by atoms with Crippen LogP contribution in [0, 0.1) is 0 Å². The molecule has 0 aliphatic rings. The Morgan fingerprint density at radius 2 is 1.92 bits per heavy atom. The first-order valence-electron chi connectivity index (χ1n) is 4.18. The number of esters is 1. The highest BCUT2D eigenvalue weighted by atomic mass is 19.4. The van der Waals surface area contributed by atoms with Gasteiger partial charge in [-0.2, -0.15) is 13.2 Å². The lowest BCUT2D eigenvalue weighted by Crippen LogP contribution is -2.17. The highest BCUT2D eigenvalue weighted by molar-refractivity contribution is 5.70. The zero-order valence-corrected chi connectivity index (χ0v) is 7.49. The normalized spacial score (nSPS) is 11.4. The van der Waals surface area contributed by atoms with Crippen LogP contribution in [0.3, 0.4) is 0 Å². The molecule has 0 fully saturated rings. The fraction of sp³-hybridized carbons (Fsp3) is 0.875. The van der Waals surface area contributed by atoms with Crippen molar-refractivity contribution >= 4 is 5.97 Å². The summed E-state index contributed by atoms with van der Waals surface area (Å²) >= 11 is 0. The van der Waals surface area contributed by atoms with Gasteiger partial charge in [0.2, 0.25) is 0 Å². The SMILES string of the molecule is CCCCCOC(=O)CC(F)(F)F. The number of halogens is 3. The fourth-order valence-corrected chi connectivity index (χ4v) is 0.753. The third-order valence-corrected chi connectivity index (χ3v) is 1.36. The first kappa shape index (κ1) is 12.3. The van der Waals surface area contributed by atoms with Gasteiger partial charge in [-0.25, -0.2) is 0 Å². The zero-order chi connectivity index (χ0) is 10.3. The average molecular weight is 198 g/mol. The molecule has 0 saturated heterocycles. The molecule has 0 aromatic carbocycles. The fourth-order valence-electron chi connectivity index (χ4n) is 0.753. The minimum Gasteiger partial charge on any atom is -0.465 e. The predicted octanol–water partition coefficient (Wildman–Crippen LogP) is 2.67. The van der Waals surface area contributed by atoms with E-state index in [0.29, 0.717) is 6.42 Å². The zero-order valence-electron chi connectivity index (χ0n) is 7.49. The third-order valence-electron chi connectivity index (χ3n) is 1.36. The average Bonchev–Trinajstić information content (AvgIpc) is 1.94. The van der Waals surface area contributed by atoms with Crippen LogP contribution in [0.25, 0.3) is 0 Å². The summed E-state index contributed by atoms with van der Waals surface area (Å²) in [4.78, 5) is 10.5. The van der Waals surface area contributed by atoms with Gasteiger partial charge in [-0.3, -0.25) is 4.79 Å². The van der Waals surface area contributed by atoms with Crippen LogP contribution in [-0.4, -0.2) is 18.8 Å². The van der Waals surface area contributed by atoms with Crippen LogP contribution >= 0.6 is 0 Å². The van der Waals surface area contributed by atoms with Crippen LogP contribution < -0.4 is 0 Å². The van der Waals surface area contributed by atoms with Gasteiger partial charge in [0.05, 0.1) is 6.61 Å². The van der Waals surface area contributed by atoms with Gasteiger partial charge in [0.25, 0.3) is 0 Å². The molecule has 0 rings (SSSR count). The molecule has 0 aliphatic heterocycles. The Morgan fingerprint density at radius 3 is 2.38 bits per heavy atom. The second kappa shape index (κ2) is 5.83. The summed E-state index contributed by atoms with van der Waals surface area (Å²) in [7, 11) is 0. The van der Waals surface area contributed by atoms with Gasteiger partial charge < -0.3 is 4.74 Å². The van der Waals surface area contributed by atoms with Crippen LogP contribution in [0.1, 0.15) is 32.6 Å². The largest absolute Gasteiger partial charge is 0.465 e. The Kier molecular flexibility index (Phi) is 5.50. The van der Waals surface area contributed by atoms with Crippen molar-refractivity contribution in [3.05, 3.63) is 0 Å². The molecule has 0 heterocycles. The monoisotopic (exact) mass is 198 g/mol. The van der Waals surface area contributed by atoms with Gasteiger partial charge in [0.1, 0.15) is 6.42 Å². The first-order chi connectivity index (χ1) is 5.95. The quantitative estimate of drug-likeness (QED) is 0.501. The number of hydrogen-bond donors (Lipinski definition) is 0. The summed E-state index contributed by atoms with van der Waals surface area (Å²) in [6.07, 6.45) is -3.52. The highest BCUT2D eigenvalue weighted by Crippen LogP contribution is 2.19. The molecule has 13 heavy (non-hydrogen) atoms. The van der Waals surface area contributed by atoms with Crippen molar-refractivity contribution in [2.24, 2.45) is 0 Å². The van der Waals surface area contributed by atoms with Gasteiger partial charge in [0.15, 0.2) is 0 Å². The molecule has 0 spiro atoms. The number of carbonyl (C=O) groups excluding carboxylic acids is 1. The Hall–Kier alpha value is -0.740. The second-order valence-electron chi connectivity index (χ2n) is 2.72. The van der Waals surface area contributed by atoms with E-state index in [1.807, 2.05) is 6.92 Å². The number of alkyl halides is 3. The Morgan fingerprint density at radius 1 is 1.31 bits per heavy atom. The first-order valence-corrected chi connectivity index (χ1v) is 4.18. The number of unbranched alkanes of at least 4 members (excludes halogenated alkanes) is 2. The minimum atomic E-state index is -4.46. The number of rotatable bonds is 5. The molecule has 78 valence electrons. The van der Waals surface area contributed by atoms with E-state index in [1.165, 1.54) is 0 Å². The van der Waals surface area contributed by atoms with Crippen molar-refractivity contribution in [1.29, 1.82) is 0 Å². The predicted molar refractivity (Wildman–Crippen MR) is 41.2 cm³/mol. The summed E-state index contributed by atoms with van der Waals surface area (Å²) in [5.41, 5.74) is 0. The summed E-state index contributed by atoms with van der Waals surface area (Å²) in [6.45, 7) is 2.04. The van der Waals surface area contributed by atoms with Crippen LogP contribution in [0.4, 0.5) is 13.2 Å². The van der Waals surface area contributed by atoms with E-state index < -0.39 is 18.6 Å². The molecule has 0 bridgehead atoms. The number of carbonyl (C=O) groups is 1. The van der Waals surface area contributed by atoms with Crippen LogP contribution in [0.2, 0.25) is 0 Å². The van der Waals surface area contributed by atoms with Gasteiger partial charge in [0, 0.05) is 0 Å². The van der Waals surface area contributed by atoms with Gasteiger partial charge in [-0.1, -0.05) is 19.8 Å². The lowest BCUT2D eigenvalue weighted by molar-refractivity contribution is -0.171. The maximum atomic E-state index is 11.6. The summed E-state index contributed by atoms with van der Waals surface area (Å²) in [6, 6.07) is 0. The van der Waals surface area contributed by atoms with E-state index in [9.17, 15) is 18.0 Å². The molecular formula is C8H13F3O2. The smallest absolute Gasteiger partial charge is 0.399 e. The maximum absolute atomic E-state index is 11.6.